The second-order valence-corrected chi connectivity index (χ2v) is 7.51. The van der Waals surface area contributed by atoms with Gasteiger partial charge in [0.05, 0.1) is 24.3 Å². The Hall–Kier alpha value is -4.52. The van der Waals surface area contributed by atoms with E-state index in [1.54, 1.807) is 42.3 Å². The number of ether oxygens (including phenoxy) is 1. The number of nitrogens with zero attached hydrogens (tertiary/aromatic N) is 8. The Kier molecular flexibility index (Phi) is 5.97. The molecule has 0 aliphatic heterocycles. The number of anilines is 2. The molecular formula is C22H19F2N9O2. The van der Waals surface area contributed by atoms with Crippen molar-refractivity contribution < 1.29 is 18.6 Å². The number of aliphatic hydroxyl groups excluding tert-OH is 1. The molecule has 0 radical (unpaired) electrons. The lowest BCUT2D eigenvalue weighted by molar-refractivity contribution is 0.145. The van der Waals surface area contributed by atoms with Crippen LogP contribution < -0.4 is 10.1 Å². The Bertz CT molecular complexity index is 1490. The van der Waals surface area contributed by atoms with Crippen molar-refractivity contribution in [3.05, 3.63) is 72.7 Å². The largest absolute Gasteiger partial charge is 0.481 e. The highest BCUT2D eigenvalue weighted by Gasteiger charge is 2.23. The highest BCUT2D eigenvalue weighted by atomic mass is 19.1. The van der Waals surface area contributed by atoms with E-state index in [9.17, 15) is 9.50 Å². The van der Waals surface area contributed by atoms with Gasteiger partial charge in [-0.05, 0) is 12.1 Å². The van der Waals surface area contributed by atoms with Crippen molar-refractivity contribution in [2.45, 2.75) is 12.5 Å². The van der Waals surface area contributed by atoms with Crippen LogP contribution in [0.4, 0.5) is 20.5 Å². The number of hydrogen-bond donors (Lipinski definition) is 2. The number of nitrogens with one attached hydrogen (secondary N) is 1. The first-order valence-corrected chi connectivity index (χ1v) is 10.5. The zero-order valence-corrected chi connectivity index (χ0v) is 18.4. The summed E-state index contributed by atoms with van der Waals surface area (Å²) in [6, 6.07) is 7.46. The minimum atomic E-state index is -0.896. The van der Waals surface area contributed by atoms with Gasteiger partial charge >= 0.3 is 0 Å². The number of fused-ring (bicyclic) bond motifs is 1. The summed E-state index contributed by atoms with van der Waals surface area (Å²) >= 11 is 0. The summed E-state index contributed by atoms with van der Waals surface area (Å²) in [4.78, 5) is 12.4. The monoisotopic (exact) mass is 479 g/mol. The van der Waals surface area contributed by atoms with Crippen LogP contribution in [0.5, 0.6) is 5.75 Å². The summed E-state index contributed by atoms with van der Waals surface area (Å²) in [5, 5.41) is 24.8. The number of aliphatic hydroxyl groups is 1. The zero-order valence-electron chi connectivity index (χ0n) is 18.4. The fourth-order valence-electron chi connectivity index (χ4n) is 3.52. The fraction of sp³-hybridized carbons (Fsp3) is 0.182. The van der Waals surface area contributed by atoms with E-state index < -0.39 is 17.9 Å². The molecule has 5 heterocycles. The molecule has 11 nitrogen and oxygen atoms in total. The third-order valence-corrected chi connectivity index (χ3v) is 5.14. The molecule has 5 aromatic rings. The highest BCUT2D eigenvalue weighted by Crippen LogP contribution is 2.27. The average molecular weight is 479 g/mol. The molecule has 0 aliphatic carbocycles. The van der Waals surface area contributed by atoms with Crippen LogP contribution in [0.15, 0.2) is 55.1 Å². The Labute approximate surface area is 197 Å². The number of halogens is 2. The number of rotatable bonds is 8. The van der Waals surface area contributed by atoms with Gasteiger partial charge in [-0.25, -0.2) is 14.4 Å². The van der Waals surface area contributed by atoms with Crippen molar-refractivity contribution in [2.75, 3.05) is 11.9 Å². The van der Waals surface area contributed by atoms with E-state index in [0.717, 1.165) is 12.3 Å². The molecule has 0 aliphatic rings. The van der Waals surface area contributed by atoms with Gasteiger partial charge in [-0.15, -0.1) is 10.2 Å². The van der Waals surface area contributed by atoms with E-state index in [4.69, 9.17) is 4.74 Å². The molecule has 0 amide bonds. The molecule has 35 heavy (non-hydrogen) atoms. The molecule has 0 saturated carbocycles. The van der Waals surface area contributed by atoms with E-state index in [0.29, 0.717) is 23.0 Å². The summed E-state index contributed by atoms with van der Waals surface area (Å²) in [7, 11) is 1.77. The number of aryl methyl sites for hydroxylation is 1. The van der Waals surface area contributed by atoms with Gasteiger partial charge in [0.2, 0.25) is 11.9 Å². The molecule has 5 rings (SSSR count). The number of aromatic nitrogens is 8. The number of pyridine rings is 2. The smallest absolute Gasteiger partial charge is 0.228 e. The van der Waals surface area contributed by atoms with Crippen LogP contribution in [0.3, 0.4) is 0 Å². The van der Waals surface area contributed by atoms with E-state index in [1.807, 2.05) is 0 Å². The molecule has 0 bridgehead atoms. The maximum Gasteiger partial charge on any atom is 0.228 e. The van der Waals surface area contributed by atoms with E-state index >= 15 is 4.39 Å². The molecule has 0 saturated heterocycles. The van der Waals surface area contributed by atoms with E-state index in [1.165, 1.54) is 16.7 Å². The van der Waals surface area contributed by atoms with Crippen LogP contribution in [0.1, 0.15) is 18.3 Å². The Morgan fingerprint density at radius 2 is 2.00 bits per heavy atom. The molecule has 2 N–H and O–H groups in total. The highest BCUT2D eigenvalue weighted by molar-refractivity contribution is 5.65. The Balaban J connectivity index is 1.47. The predicted molar refractivity (Wildman–Crippen MR) is 120 cm³/mol. The third kappa shape index (κ3) is 4.61. The molecular weight excluding hydrogens is 460 g/mol. The maximum atomic E-state index is 15.3. The van der Waals surface area contributed by atoms with Gasteiger partial charge in [0.1, 0.15) is 17.4 Å². The molecule has 5 aromatic heterocycles. The van der Waals surface area contributed by atoms with Crippen molar-refractivity contribution in [2.24, 2.45) is 7.05 Å². The summed E-state index contributed by atoms with van der Waals surface area (Å²) in [6.07, 6.45) is 4.72. The minimum Gasteiger partial charge on any atom is -0.481 e. The van der Waals surface area contributed by atoms with Crippen LogP contribution in [-0.4, -0.2) is 51.0 Å². The molecule has 13 heteroatoms. The lowest BCUT2D eigenvalue weighted by Gasteiger charge is -2.17. The summed E-state index contributed by atoms with van der Waals surface area (Å²) < 4.78 is 37.4. The molecule has 178 valence electrons. The second kappa shape index (κ2) is 9.38. The lowest BCUT2D eigenvalue weighted by Crippen LogP contribution is -2.15. The Morgan fingerprint density at radius 3 is 2.77 bits per heavy atom. The first kappa shape index (κ1) is 22.3. The molecule has 0 spiro atoms. The van der Waals surface area contributed by atoms with Crippen molar-refractivity contribution in [3.63, 3.8) is 0 Å². The minimum absolute atomic E-state index is 0.0768. The van der Waals surface area contributed by atoms with Crippen LogP contribution >= 0.6 is 0 Å². The van der Waals surface area contributed by atoms with Crippen molar-refractivity contribution >= 4 is 17.4 Å². The SMILES string of the molecule is Cn1nccc1Nc1nccc(-c2cc(F)n3c(C(CCO)Oc4cncc(F)c4)nnc3c2)n1. The topological polar surface area (TPSA) is 128 Å². The van der Waals surface area contributed by atoms with Gasteiger partial charge in [-0.3, -0.25) is 14.1 Å². The van der Waals surface area contributed by atoms with Crippen molar-refractivity contribution in [3.8, 4) is 17.0 Å². The van der Waals surface area contributed by atoms with E-state index in [-0.39, 0.29) is 30.2 Å². The number of hydrogen-bond acceptors (Lipinski definition) is 9. The zero-order chi connectivity index (χ0) is 24.4. The fourth-order valence-corrected chi connectivity index (χ4v) is 3.52. The van der Waals surface area contributed by atoms with E-state index in [2.05, 4.69) is 35.6 Å². The normalized spacial score (nSPS) is 12.1. The molecule has 0 aromatic carbocycles. The predicted octanol–water partition coefficient (Wildman–Crippen LogP) is 2.84. The van der Waals surface area contributed by atoms with Crippen LogP contribution in [0, 0.1) is 11.8 Å². The van der Waals surface area contributed by atoms with Gasteiger partial charge in [-0.2, -0.15) is 9.49 Å². The lowest BCUT2D eigenvalue weighted by atomic mass is 10.2. The Morgan fingerprint density at radius 1 is 1.11 bits per heavy atom. The molecule has 0 fully saturated rings. The summed E-state index contributed by atoms with van der Waals surface area (Å²) in [5.74, 6) is -0.0198. The maximum absolute atomic E-state index is 15.3. The van der Waals surface area contributed by atoms with Gasteiger partial charge in [0.25, 0.3) is 0 Å². The average Bonchev–Trinajstić information content (AvgIpc) is 3.45. The van der Waals surface area contributed by atoms with Crippen molar-refractivity contribution in [1.82, 2.24) is 39.3 Å². The van der Waals surface area contributed by atoms with Gasteiger partial charge < -0.3 is 15.2 Å². The standard InChI is InChI=1S/C22H19F2N9O2/c1-32-19(3-6-27-32)29-22-26-5-2-16(28-22)13-8-18(24)33-20(9-13)30-31-21(33)17(4-7-34)35-15-10-14(23)11-25-12-15/h2-3,5-6,8-12,17,34H,4,7H2,1H3,(H,26,28,29). The van der Waals surface area contributed by atoms with Gasteiger partial charge in [0.15, 0.2) is 17.6 Å². The molecule has 1 atom stereocenters. The van der Waals surface area contributed by atoms with Crippen LogP contribution in [0.25, 0.3) is 16.9 Å². The van der Waals surface area contributed by atoms with Gasteiger partial charge in [0, 0.05) is 50.0 Å². The summed E-state index contributed by atoms with van der Waals surface area (Å²) in [5.41, 5.74) is 1.13. The third-order valence-electron chi connectivity index (χ3n) is 5.14. The van der Waals surface area contributed by atoms with Crippen LogP contribution in [0.2, 0.25) is 0 Å². The first-order chi connectivity index (χ1) is 17.0. The molecule has 1 unspecified atom stereocenters. The quantitative estimate of drug-likeness (QED) is 0.323. The second-order valence-electron chi connectivity index (χ2n) is 7.51. The van der Waals surface area contributed by atoms with Crippen molar-refractivity contribution in [1.29, 1.82) is 0 Å². The van der Waals surface area contributed by atoms with Crippen LogP contribution in [-0.2, 0) is 7.05 Å². The van der Waals surface area contributed by atoms with Gasteiger partial charge in [-0.1, -0.05) is 0 Å². The first-order valence-electron chi connectivity index (χ1n) is 10.5. The summed E-state index contributed by atoms with van der Waals surface area (Å²) in [6.45, 7) is -0.268.